The molecule has 1 aliphatic heterocycles. The minimum Gasteiger partial charge on any atom is -0.399 e. The molecule has 1 fully saturated rings. The van der Waals surface area contributed by atoms with Gasteiger partial charge in [-0.3, -0.25) is 4.79 Å². The summed E-state index contributed by atoms with van der Waals surface area (Å²) in [6.07, 6.45) is 1.56. The number of halogens is 1. The first-order valence-electron chi connectivity index (χ1n) is 6.80. The number of benzene rings is 1. The maximum Gasteiger partial charge on any atom is 0.225 e. The zero-order valence-electron chi connectivity index (χ0n) is 11.3. The molecule has 20 heavy (non-hydrogen) atoms. The summed E-state index contributed by atoms with van der Waals surface area (Å²) in [5.41, 5.74) is 6.08. The van der Waals surface area contributed by atoms with E-state index in [1.807, 2.05) is 0 Å². The van der Waals surface area contributed by atoms with Crippen LogP contribution in [0.3, 0.4) is 0 Å². The fourth-order valence-electron chi connectivity index (χ4n) is 2.25. The van der Waals surface area contributed by atoms with Crippen LogP contribution in [0.1, 0.15) is 19.3 Å². The predicted molar refractivity (Wildman–Crippen MR) is 75.7 cm³/mol. The van der Waals surface area contributed by atoms with Crippen molar-refractivity contribution in [1.29, 1.82) is 0 Å². The van der Waals surface area contributed by atoms with Gasteiger partial charge in [0.15, 0.2) is 0 Å². The summed E-state index contributed by atoms with van der Waals surface area (Å²) in [4.78, 5) is 13.9. The normalized spacial score (nSPS) is 17.1. The first-order valence-corrected chi connectivity index (χ1v) is 6.80. The number of aliphatic hydroxyl groups excluding tert-OH is 1. The van der Waals surface area contributed by atoms with Crippen LogP contribution in [0.25, 0.3) is 0 Å². The second-order valence-electron chi connectivity index (χ2n) is 5.11. The molecule has 1 aromatic carbocycles. The first-order chi connectivity index (χ1) is 9.54. The number of hydrogen-bond acceptors (Lipinski definition) is 4. The molecule has 1 amide bonds. The molecule has 0 atom stereocenters. The van der Waals surface area contributed by atoms with Gasteiger partial charge >= 0.3 is 0 Å². The molecule has 0 radical (unpaired) electrons. The number of amides is 1. The molecule has 110 valence electrons. The summed E-state index contributed by atoms with van der Waals surface area (Å²) in [6, 6.07) is 4.09. The molecule has 1 aliphatic rings. The van der Waals surface area contributed by atoms with Gasteiger partial charge in [-0.25, -0.2) is 4.39 Å². The largest absolute Gasteiger partial charge is 0.399 e. The van der Waals surface area contributed by atoms with E-state index in [0.717, 1.165) is 25.9 Å². The quantitative estimate of drug-likeness (QED) is 0.724. The van der Waals surface area contributed by atoms with Gasteiger partial charge in [-0.1, -0.05) is 0 Å². The molecule has 0 aromatic heterocycles. The zero-order chi connectivity index (χ0) is 14.5. The highest BCUT2D eigenvalue weighted by molar-refractivity contribution is 5.91. The van der Waals surface area contributed by atoms with Crippen LogP contribution in [0.4, 0.5) is 15.8 Å². The lowest BCUT2D eigenvalue weighted by molar-refractivity contribution is -0.116. The lowest BCUT2D eigenvalue weighted by atomic mass is 10.1. The van der Waals surface area contributed by atoms with Crippen molar-refractivity contribution in [2.45, 2.75) is 25.4 Å². The monoisotopic (exact) mass is 281 g/mol. The summed E-state index contributed by atoms with van der Waals surface area (Å²) in [6.45, 7) is 2.20. The number of piperidine rings is 1. The van der Waals surface area contributed by atoms with E-state index < -0.39 is 5.82 Å². The molecule has 0 spiro atoms. The third-order valence-electron chi connectivity index (χ3n) is 3.48. The molecule has 0 aliphatic carbocycles. The average molecular weight is 281 g/mol. The van der Waals surface area contributed by atoms with E-state index in [1.165, 1.54) is 18.2 Å². The van der Waals surface area contributed by atoms with Gasteiger partial charge in [0.05, 0.1) is 11.8 Å². The minimum absolute atomic E-state index is 0.115. The van der Waals surface area contributed by atoms with Crippen molar-refractivity contribution in [1.82, 2.24) is 4.90 Å². The number of hydrogen-bond donors (Lipinski definition) is 3. The molecular weight excluding hydrogens is 261 g/mol. The Balaban J connectivity index is 1.79. The standard InChI is InChI=1S/C14H20FN3O2/c15-12-2-1-10(16)9-13(12)17-14(20)5-8-18-6-3-11(19)4-7-18/h1-2,9,11,19H,3-8,16H2,(H,17,20). The summed E-state index contributed by atoms with van der Waals surface area (Å²) in [5, 5.41) is 11.9. The fraction of sp³-hybridized carbons (Fsp3) is 0.500. The molecule has 0 unspecified atom stereocenters. The number of nitrogens with one attached hydrogen (secondary N) is 1. The Bertz CT molecular complexity index is 473. The maximum atomic E-state index is 13.5. The third-order valence-corrected chi connectivity index (χ3v) is 3.48. The van der Waals surface area contributed by atoms with E-state index in [4.69, 9.17) is 5.73 Å². The number of rotatable bonds is 4. The van der Waals surface area contributed by atoms with Crippen LogP contribution in [-0.2, 0) is 4.79 Å². The van der Waals surface area contributed by atoms with Gasteiger partial charge in [-0.2, -0.15) is 0 Å². The fourth-order valence-corrected chi connectivity index (χ4v) is 2.25. The topological polar surface area (TPSA) is 78.6 Å². The van der Waals surface area contributed by atoms with Crippen molar-refractivity contribution in [3.63, 3.8) is 0 Å². The molecule has 0 saturated carbocycles. The molecule has 5 nitrogen and oxygen atoms in total. The number of aliphatic hydroxyl groups is 1. The summed E-state index contributed by atoms with van der Waals surface area (Å²) >= 11 is 0. The van der Waals surface area contributed by atoms with Crippen LogP contribution in [-0.4, -0.2) is 41.7 Å². The van der Waals surface area contributed by atoms with Gasteiger partial charge < -0.3 is 21.1 Å². The summed E-state index contributed by atoms with van der Waals surface area (Å²) < 4.78 is 13.5. The molecule has 6 heteroatoms. The van der Waals surface area contributed by atoms with Gasteiger partial charge in [-0.05, 0) is 31.0 Å². The number of anilines is 2. The highest BCUT2D eigenvalue weighted by atomic mass is 19.1. The van der Waals surface area contributed by atoms with Gasteiger partial charge in [0.25, 0.3) is 0 Å². The smallest absolute Gasteiger partial charge is 0.225 e. The summed E-state index contributed by atoms with van der Waals surface area (Å²) in [7, 11) is 0. The molecule has 4 N–H and O–H groups in total. The molecule has 1 heterocycles. The molecular formula is C14H20FN3O2. The van der Waals surface area contributed by atoms with Gasteiger partial charge in [0, 0.05) is 31.7 Å². The Kier molecular flexibility index (Phi) is 4.92. The van der Waals surface area contributed by atoms with Crippen molar-refractivity contribution < 1.29 is 14.3 Å². The molecule has 1 aromatic rings. The lowest BCUT2D eigenvalue weighted by Gasteiger charge is -2.29. The number of nitrogen functional groups attached to an aromatic ring is 1. The third kappa shape index (κ3) is 4.18. The van der Waals surface area contributed by atoms with E-state index in [2.05, 4.69) is 10.2 Å². The number of carbonyl (C=O) groups excluding carboxylic acids is 1. The second-order valence-corrected chi connectivity index (χ2v) is 5.11. The Morgan fingerprint density at radius 3 is 2.85 bits per heavy atom. The van der Waals surface area contributed by atoms with E-state index in [1.54, 1.807) is 0 Å². The first kappa shape index (κ1) is 14.7. The molecule has 1 saturated heterocycles. The highest BCUT2D eigenvalue weighted by Crippen LogP contribution is 2.17. The number of likely N-dealkylation sites (tertiary alicyclic amines) is 1. The Labute approximate surface area is 117 Å². The van der Waals surface area contributed by atoms with Crippen molar-refractivity contribution in [3.8, 4) is 0 Å². The van der Waals surface area contributed by atoms with Crippen LogP contribution in [0.5, 0.6) is 0 Å². The predicted octanol–water partition coefficient (Wildman–Crippen LogP) is 1.19. The molecule has 0 bridgehead atoms. The Morgan fingerprint density at radius 2 is 2.15 bits per heavy atom. The zero-order valence-corrected chi connectivity index (χ0v) is 11.3. The van der Waals surface area contributed by atoms with Crippen molar-refractivity contribution in [2.75, 3.05) is 30.7 Å². The van der Waals surface area contributed by atoms with Crippen LogP contribution >= 0.6 is 0 Å². The van der Waals surface area contributed by atoms with Crippen LogP contribution < -0.4 is 11.1 Å². The number of nitrogens with zero attached hydrogens (tertiary/aromatic N) is 1. The summed E-state index contributed by atoms with van der Waals surface area (Å²) in [5.74, 6) is -0.728. The SMILES string of the molecule is Nc1ccc(F)c(NC(=O)CCN2CCC(O)CC2)c1. The van der Waals surface area contributed by atoms with Gasteiger partial charge in [-0.15, -0.1) is 0 Å². The van der Waals surface area contributed by atoms with Crippen LogP contribution in [0, 0.1) is 5.82 Å². The second kappa shape index (κ2) is 6.67. The van der Waals surface area contributed by atoms with E-state index in [-0.39, 0.29) is 17.7 Å². The van der Waals surface area contributed by atoms with E-state index >= 15 is 0 Å². The van der Waals surface area contributed by atoms with Gasteiger partial charge in [0.1, 0.15) is 5.82 Å². The van der Waals surface area contributed by atoms with Crippen molar-refractivity contribution in [2.24, 2.45) is 0 Å². The van der Waals surface area contributed by atoms with E-state index in [9.17, 15) is 14.3 Å². The lowest BCUT2D eigenvalue weighted by Crippen LogP contribution is -2.37. The minimum atomic E-state index is -0.492. The Morgan fingerprint density at radius 1 is 1.45 bits per heavy atom. The highest BCUT2D eigenvalue weighted by Gasteiger charge is 2.17. The number of nitrogens with two attached hydrogens (primary N) is 1. The number of carbonyl (C=O) groups is 1. The van der Waals surface area contributed by atoms with Gasteiger partial charge in [0.2, 0.25) is 5.91 Å². The van der Waals surface area contributed by atoms with Crippen LogP contribution in [0.15, 0.2) is 18.2 Å². The van der Waals surface area contributed by atoms with Crippen molar-refractivity contribution >= 4 is 17.3 Å². The average Bonchev–Trinajstić information content (AvgIpc) is 2.42. The maximum absolute atomic E-state index is 13.5. The molecule has 2 rings (SSSR count). The van der Waals surface area contributed by atoms with Crippen molar-refractivity contribution in [3.05, 3.63) is 24.0 Å². The Hall–Kier alpha value is -1.66. The van der Waals surface area contributed by atoms with E-state index in [0.29, 0.717) is 18.7 Å². The van der Waals surface area contributed by atoms with Crippen LogP contribution in [0.2, 0.25) is 0 Å².